The predicted octanol–water partition coefficient (Wildman–Crippen LogP) is 0.270. The van der Waals surface area contributed by atoms with Crippen LogP contribution in [-0.4, -0.2) is 25.0 Å². The molecule has 1 heterocycles. The summed E-state index contributed by atoms with van der Waals surface area (Å²) < 4.78 is 0. The summed E-state index contributed by atoms with van der Waals surface area (Å²) in [4.78, 5) is 15.8. The summed E-state index contributed by atoms with van der Waals surface area (Å²) in [5.74, 6) is 0.450. The van der Waals surface area contributed by atoms with Crippen molar-refractivity contribution in [2.24, 2.45) is 4.99 Å². The second-order valence-electron chi connectivity index (χ2n) is 3.46. The van der Waals surface area contributed by atoms with Crippen LogP contribution < -0.4 is 16.2 Å². The lowest BCUT2D eigenvalue weighted by atomic mass is 10.2. The maximum Gasteiger partial charge on any atom is 0.269 e. The molecule has 16 heavy (non-hydrogen) atoms. The quantitative estimate of drug-likeness (QED) is 0.593. The Morgan fingerprint density at radius 1 is 1.31 bits per heavy atom. The van der Waals surface area contributed by atoms with Gasteiger partial charge in [-0.3, -0.25) is 20.6 Å². The maximum atomic E-state index is 11.6. The van der Waals surface area contributed by atoms with Crippen molar-refractivity contribution in [3.05, 3.63) is 35.9 Å². The number of carbonyl (C=O) groups is 1. The summed E-state index contributed by atoms with van der Waals surface area (Å²) in [6.07, 6.45) is 1.03. The highest BCUT2D eigenvalue weighted by atomic mass is 16.2. The molecule has 0 aromatic heterocycles. The molecule has 0 fully saturated rings. The van der Waals surface area contributed by atoms with Crippen LogP contribution in [0.2, 0.25) is 0 Å². The van der Waals surface area contributed by atoms with Crippen LogP contribution in [0.5, 0.6) is 0 Å². The molecule has 84 valence electrons. The number of guanidine groups is 1. The van der Waals surface area contributed by atoms with Crippen LogP contribution in [0.4, 0.5) is 0 Å². The Balaban J connectivity index is 1.86. The zero-order chi connectivity index (χ0) is 11.2. The Morgan fingerprint density at radius 3 is 2.81 bits per heavy atom. The molecular weight excluding hydrogens is 204 g/mol. The lowest BCUT2D eigenvalue weighted by Gasteiger charge is -2.16. The van der Waals surface area contributed by atoms with E-state index < -0.39 is 0 Å². The van der Waals surface area contributed by atoms with Gasteiger partial charge >= 0.3 is 0 Å². The van der Waals surface area contributed by atoms with Gasteiger partial charge in [0.2, 0.25) is 5.96 Å². The SMILES string of the molecule is O=C(NNC1=NCCCN1)c1ccccc1. The van der Waals surface area contributed by atoms with Crippen LogP contribution in [0.3, 0.4) is 0 Å². The van der Waals surface area contributed by atoms with Crippen LogP contribution in [-0.2, 0) is 0 Å². The van der Waals surface area contributed by atoms with E-state index in [0.717, 1.165) is 19.5 Å². The summed E-state index contributed by atoms with van der Waals surface area (Å²) in [7, 11) is 0. The van der Waals surface area contributed by atoms with Gasteiger partial charge in [-0.1, -0.05) is 18.2 Å². The first-order valence-corrected chi connectivity index (χ1v) is 5.26. The molecule has 1 amide bonds. The van der Waals surface area contributed by atoms with Gasteiger partial charge in [0.05, 0.1) is 0 Å². The van der Waals surface area contributed by atoms with Crippen molar-refractivity contribution in [1.82, 2.24) is 16.2 Å². The van der Waals surface area contributed by atoms with Crippen LogP contribution in [0.25, 0.3) is 0 Å². The molecule has 0 saturated heterocycles. The Kier molecular flexibility index (Phi) is 3.38. The first-order valence-electron chi connectivity index (χ1n) is 5.26. The number of benzene rings is 1. The molecule has 1 aromatic rings. The molecule has 0 saturated carbocycles. The molecule has 3 N–H and O–H groups in total. The van der Waals surface area contributed by atoms with E-state index in [-0.39, 0.29) is 5.91 Å². The fourth-order valence-corrected chi connectivity index (χ4v) is 1.39. The summed E-state index contributed by atoms with van der Waals surface area (Å²) in [6, 6.07) is 9.04. The summed E-state index contributed by atoms with van der Waals surface area (Å²) in [6.45, 7) is 1.67. The van der Waals surface area contributed by atoms with E-state index >= 15 is 0 Å². The first kappa shape index (κ1) is 10.5. The third-order valence-corrected chi connectivity index (χ3v) is 2.23. The van der Waals surface area contributed by atoms with Crippen molar-refractivity contribution in [3.8, 4) is 0 Å². The Hall–Kier alpha value is -2.04. The van der Waals surface area contributed by atoms with E-state index in [1.807, 2.05) is 18.2 Å². The maximum absolute atomic E-state index is 11.6. The Labute approximate surface area is 93.9 Å². The minimum atomic E-state index is -0.171. The molecule has 5 heteroatoms. The van der Waals surface area contributed by atoms with Crippen LogP contribution in [0, 0.1) is 0 Å². The number of rotatable bonds is 1. The number of hydrazine groups is 1. The van der Waals surface area contributed by atoms with Crippen molar-refractivity contribution in [2.75, 3.05) is 13.1 Å². The minimum Gasteiger partial charge on any atom is -0.355 e. The van der Waals surface area contributed by atoms with E-state index in [2.05, 4.69) is 21.2 Å². The number of hydrogen-bond donors (Lipinski definition) is 3. The van der Waals surface area contributed by atoms with Crippen LogP contribution >= 0.6 is 0 Å². The number of nitrogens with zero attached hydrogens (tertiary/aromatic N) is 1. The molecule has 0 unspecified atom stereocenters. The zero-order valence-corrected chi connectivity index (χ0v) is 8.86. The lowest BCUT2D eigenvalue weighted by Crippen LogP contribution is -2.49. The van der Waals surface area contributed by atoms with Crippen molar-refractivity contribution < 1.29 is 4.79 Å². The van der Waals surface area contributed by atoms with E-state index in [1.54, 1.807) is 12.1 Å². The highest BCUT2D eigenvalue weighted by molar-refractivity contribution is 5.95. The van der Waals surface area contributed by atoms with Gasteiger partial charge in [-0.25, -0.2) is 0 Å². The monoisotopic (exact) mass is 218 g/mol. The topological polar surface area (TPSA) is 65.5 Å². The number of amides is 1. The fraction of sp³-hybridized carbons (Fsp3) is 0.273. The second kappa shape index (κ2) is 5.16. The summed E-state index contributed by atoms with van der Waals surface area (Å²) >= 11 is 0. The number of carbonyl (C=O) groups excluding carboxylic acids is 1. The fourth-order valence-electron chi connectivity index (χ4n) is 1.39. The van der Waals surface area contributed by atoms with Gasteiger partial charge in [-0.2, -0.15) is 0 Å². The van der Waals surface area contributed by atoms with E-state index in [0.29, 0.717) is 11.5 Å². The van der Waals surface area contributed by atoms with Gasteiger partial charge in [-0.05, 0) is 18.6 Å². The number of hydrogen-bond acceptors (Lipinski definition) is 4. The van der Waals surface area contributed by atoms with E-state index in [9.17, 15) is 4.79 Å². The largest absolute Gasteiger partial charge is 0.355 e. The standard InChI is InChI=1S/C11H14N4O/c16-10(9-5-2-1-3-6-9)14-15-11-12-7-4-8-13-11/h1-3,5-6H,4,7-8H2,(H,14,16)(H2,12,13,15). The molecule has 0 spiro atoms. The zero-order valence-electron chi connectivity index (χ0n) is 8.86. The average Bonchev–Trinajstić information content (AvgIpc) is 2.38. The van der Waals surface area contributed by atoms with Crippen molar-refractivity contribution >= 4 is 11.9 Å². The molecule has 1 aliphatic heterocycles. The van der Waals surface area contributed by atoms with Crippen molar-refractivity contribution in [3.63, 3.8) is 0 Å². The van der Waals surface area contributed by atoms with Gasteiger partial charge in [0.1, 0.15) is 0 Å². The van der Waals surface area contributed by atoms with Crippen molar-refractivity contribution in [2.45, 2.75) is 6.42 Å². The Morgan fingerprint density at radius 2 is 2.12 bits per heavy atom. The normalized spacial score (nSPS) is 14.6. The minimum absolute atomic E-state index is 0.171. The average molecular weight is 218 g/mol. The van der Waals surface area contributed by atoms with E-state index in [4.69, 9.17) is 0 Å². The summed E-state index contributed by atoms with van der Waals surface area (Å²) in [5, 5.41) is 3.05. The first-order chi connectivity index (χ1) is 7.86. The van der Waals surface area contributed by atoms with Gasteiger partial charge in [0.25, 0.3) is 5.91 Å². The molecule has 0 bridgehead atoms. The van der Waals surface area contributed by atoms with Gasteiger partial charge in [0, 0.05) is 18.7 Å². The second-order valence-corrected chi connectivity index (χ2v) is 3.46. The van der Waals surface area contributed by atoms with Gasteiger partial charge < -0.3 is 5.32 Å². The highest BCUT2D eigenvalue weighted by Crippen LogP contribution is 1.96. The van der Waals surface area contributed by atoms with Gasteiger partial charge in [-0.15, -0.1) is 0 Å². The number of nitrogens with one attached hydrogen (secondary N) is 3. The molecule has 0 radical (unpaired) electrons. The molecule has 2 rings (SSSR count). The number of aliphatic imine (C=N–C) groups is 1. The molecule has 5 nitrogen and oxygen atoms in total. The molecule has 1 aromatic carbocycles. The van der Waals surface area contributed by atoms with Gasteiger partial charge in [0.15, 0.2) is 0 Å². The lowest BCUT2D eigenvalue weighted by molar-refractivity contribution is 0.0943. The summed E-state index contributed by atoms with van der Waals surface area (Å²) in [5.41, 5.74) is 5.96. The van der Waals surface area contributed by atoms with Crippen LogP contribution in [0.15, 0.2) is 35.3 Å². The Bertz CT molecular complexity index is 388. The van der Waals surface area contributed by atoms with Crippen LogP contribution in [0.1, 0.15) is 16.8 Å². The third kappa shape index (κ3) is 2.73. The van der Waals surface area contributed by atoms with Crippen molar-refractivity contribution in [1.29, 1.82) is 0 Å². The third-order valence-electron chi connectivity index (χ3n) is 2.23. The molecule has 0 atom stereocenters. The highest BCUT2D eigenvalue weighted by Gasteiger charge is 2.06. The van der Waals surface area contributed by atoms with E-state index in [1.165, 1.54) is 0 Å². The molecule has 1 aliphatic rings. The molecular formula is C11H14N4O. The predicted molar refractivity (Wildman–Crippen MR) is 62.0 cm³/mol. The molecule has 0 aliphatic carbocycles. The smallest absolute Gasteiger partial charge is 0.269 e.